The summed E-state index contributed by atoms with van der Waals surface area (Å²) < 4.78 is 4.94. The van der Waals surface area contributed by atoms with Crippen LogP contribution in [0.2, 0.25) is 18.1 Å². The normalized spacial score (nSPS) is 12.5. The molecule has 0 heterocycles. The molecule has 2 aromatic rings. The molecule has 0 aliphatic heterocycles. The lowest BCUT2D eigenvalue weighted by Gasteiger charge is -2.31. The Morgan fingerprint density at radius 2 is 1.45 bits per heavy atom. The van der Waals surface area contributed by atoms with Gasteiger partial charge in [0.15, 0.2) is 0 Å². The Morgan fingerprint density at radius 3 is 1.87 bits per heavy atom. The minimum absolute atomic E-state index is 0.121. The van der Waals surface area contributed by atoms with E-state index in [1.807, 2.05) is 60.7 Å². The summed E-state index contributed by atoms with van der Waals surface area (Å²) in [6.45, 7) is 11.0. The minimum atomic E-state index is -1.81. The highest BCUT2D eigenvalue weighted by molar-refractivity contribution is 6.87. The monoisotopic (exact) mass is 435 g/mol. The Labute approximate surface area is 187 Å². The van der Waals surface area contributed by atoms with Crippen molar-refractivity contribution in [1.82, 2.24) is 5.32 Å². The van der Waals surface area contributed by atoms with Crippen molar-refractivity contribution in [2.45, 2.75) is 57.3 Å². The third kappa shape index (κ3) is 6.57. The molecule has 4 nitrogen and oxygen atoms in total. The molecule has 0 aliphatic rings. The molecule has 0 spiro atoms. The minimum Gasteiger partial charge on any atom is -0.467 e. The molecule has 1 atom stereocenters. The van der Waals surface area contributed by atoms with Crippen molar-refractivity contribution in [2.24, 2.45) is 0 Å². The summed E-state index contributed by atoms with van der Waals surface area (Å²) >= 11 is 0. The van der Waals surface area contributed by atoms with Gasteiger partial charge < -0.3 is 10.1 Å². The van der Waals surface area contributed by atoms with Gasteiger partial charge in [-0.25, -0.2) is 4.79 Å². The van der Waals surface area contributed by atoms with Gasteiger partial charge in [0.1, 0.15) is 14.1 Å². The van der Waals surface area contributed by atoms with Gasteiger partial charge in [-0.2, -0.15) is 0 Å². The summed E-state index contributed by atoms with van der Waals surface area (Å²) in [4.78, 5) is 25.7. The van der Waals surface area contributed by atoms with Crippen LogP contribution >= 0.6 is 0 Å². The Bertz CT molecular complexity index is 898. The van der Waals surface area contributed by atoms with Crippen molar-refractivity contribution in [3.8, 4) is 11.5 Å². The van der Waals surface area contributed by atoms with Gasteiger partial charge in [-0.1, -0.05) is 94.5 Å². The van der Waals surface area contributed by atoms with E-state index in [4.69, 9.17) is 4.74 Å². The van der Waals surface area contributed by atoms with Gasteiger partial charge in [0.2, 0.25) is 5.91 Å². The van der Waals surface area contributed by atoms with E-state index in [2.05, 4.69) is 50.6 Å². The molecular weight excluding hydrogens is 402 g/mol. The predicted molar refractivity (Wildman–Crippen MR) is 128 cm³/mol. The first kappa shape index (κ1) is 24.4. The predicted octanol–water partition coefficient (Wildman–Crippen LogP) is 4.92. The van der Waals surface area contributed by atoms with Crippen molar-refractivity contribution in [3.63, 3.8) is 0 Å². The number of rotatable bonds is 6. The highest BCUT2D eigenvalue weighted by Crippen LogP contribution is 2.35. The molecule has 0 saturated heterocycles. The zero-order valence-electron chi connectivity index (χ0n) is 19.4. The van der Waals surface area contributed by atoms with E-state index in [0.717, 1.165) is 11.1 Å². The molecule has 0 bridgehead atoms. The maximum Gasteiger partial charge on any atom is 0.329 e. The van der Waals surface area contributed by atoms with Crippen molar-refractivity contribution in [2.75, 3.05) is 7.11 Å². The molecule has 5 heteroatoms. The van der Waals surface area contributed by atoms with E-state index in [0.29, 0.717) is 0 Å². The maximum absolute atomic E-state index is 13.3. The van der Waals surface area contributed by atoms with Crippen molar-refractivity contribution >= 4 is 20.0 Å². The largest absolute Gasteiger partial charge is 0.467 e. The van der Waals surface area contributed by atoms with Crippen LogP contribution in [-0.4, -0.2) is 33.1 Å². The topological polar surface area (TPSA) is 55.4 Å². The number of esters is 1. The van der Waals surface area contributed by atoms with Gasteiger partial charge in [0.05, 0.1) is 13.0 Å². The lowest BCUT2D eigenvalue weighted by molar-refractivity contribution is -0.145. The molecule has 1 N–H and O–H groups in total. The number of hydrogen-bond acceptors (Lipinski definition) is 3. The smallest absolute Gasteiger partial charge is 0.329 e. The summed E-state index contributed by atoms with van der Waals surface area (Å²) in [7, 11) is -0.482. The first-order valence-electron chi connectivity index (χ1n) is 10.5. The summed E-state index contributed by atoms with van der Waals surface area (Å²) in [5.41, 5.74) is 5.13. The lowest BCUT2D eigenvalue weighted by atomic mass is 9.90. The fourth-order valence-corrected chi connectivity index (χ4v) is 3.86. The molecule has 0 aromatic heterocycles. The van der Waals surface area contributed by atoms with Crippen LogP contribution in [0.3, 0.4) is 0 Å². The van der Waals surface area contributed by atoms with Crippen LogP contribution in [0, 0.1) is 11.5 Å². The lowest BCUT2D eigenvalue weighted by Crippen LogP contribution is -2.44. The fourth-order valence-electron chi connectivity index (χ4n) is 2.94. The molecule has 0 aliphatic carbocycles. The molecule has 1 amide bonds. The Hall–Kier alpha value is -2.84. The molecule has 2 aromatic carbocycles. The standard InChI is InChI=1S/C26H33NO3Si/c1-26(2,3)31(5,6)19-13-18-22(25(29)30-4)27-24(28)23(20-14-9-7-10-15-20)21-16-11-8-12-17-21/h7-12,14-17,22-23H,18H2,1-6H3,(H,27,28)/t22-/m1/s1. The molecule has 31 heavy (non-hydrogen) atoms. The van der Waals surface area contributed by atoms with Gasteiger partial charge in [0, 0.05) is 6.42 Å². The second-order valence-corrected chi connectivity index (χ2v) is 14.2. The van der Waals surface area contributed by atoms with E-state index < -0.39 is 26.0 Å². The van der Waals surface area contributed by atoms with Gasteiger partial charge in [0.25, 0.3) is 0 Å². The van der Waals surface area contributed by atoms with Crippen LogP contribution in [0.1, 0.15) is 44.2 Å². The number of hydrogen-bond donors (Lipinski definition) is 1. The molecular formula is C26H33NO3Si. The Morgan fingerprint density at radius 1 is 0.968 bits per heavy atom. The SMILES string of the molecule is COC(=O)[C@@H](CC#C[Si](C)(C)C(C)(C)C)NC(=O)C(c1ccccc1)c1ccccc1. The molecule has 0 fully saturated rings. The van der Waals surface area contributed by atoms with Crippen molar-refractivity contribution < 1.29 is 14.3 Å². The summed E-state index contributed by atoms with van der Waals surface area (Å²) in [5.74, 6) is 1.91. The molecule has 0 saturated carbocycles. The number of benzene rings is 2. The number of ether oxygens (including phenoxy) is 1. The number of amides is 1. The van der Waals surface area contributed by atoms with Crippen LogP contribution in [-0.2, 0) is 14.3 Å². The average Bonchev–Trinajstić information content (AvgIpc) is 2.73. The van der Waals surface area contributed by atoms with Crippen molar-refractivity contribution in [1.29, 1.82) is 0 Å². The average molecular weight is 436 g/mol. The quantitative estimate of drug-likeness (QED) is 0.398. The molecule has 0 unspecified atom stereocenters. The summed E-state index contributed by atoms with van der Waals surface area (Å²) in [6, 6.07) is 18.3. The number of nitrogens with one attached hydrogen (secondary N) is 1. The first-order chi connectivity index (χ1) is 14.6. The number of methoxy groups -OCH3 is 1. The van der Waals surface area contributed by atoms with Crippen molar-refractivity contribution in [3.05, 3.63) is 71.8 Å². The van der Waals surface area contributed by atoms with Gasteiger partial charge in [-0.3, -0.25) is 4.79 Å². The highest BCUT2D eigenvalue weighted by atomic mass is 28.3. The molecule has 0 radical (unpaired) electrons. The van der Waals surface area contributed by atoms with Crippen LogP contribution in [0.15, 0.2) is 60.7 Å². The van der Waals surface area contributed by atoms with E-state index in [1.165, 1.54) is 7.11 Å². The highest BCUT2D eigenvalue weighted by Gasteiger charge is 2.34. The van der Waals surface area contributed by atoms with E-state index >= 15 is 0 Å². The van der Waals surface area contributed by atoms with Crippen LogP contribution in [0.5, 0.6) is 0 Å². The fraction of sp³-hybridized carbons (Fsp3) is 0.385. The Balaban J connectivity index is 2.29. The summed E-state index contributed by atoms with van der Waals surface area (Å²) in [5, 5.41) is 3.01. The summed E-state index contributed by atoms with van der Waals surface area (Å²) in [6.07, 6.45) is 0.223. The third-order valence-electron chi connectivity index (χ3n) is 5.91. The van der Waals surface area contributed by atoms with Crippen LogP contribution in [0.4, 0.5) is 0 Å². The number of carbonyl (C=O) groups excluding carboxylic acids is 2. The Kier molecular flexibility index (Phi) is 8.24. The second kappa shape index (κ2) is 10.5. The van der Waals surface area contributed by atoms with Gasteiger partial charge in [-0.05, 0) is 16.2 Å². The van der Waals surface area contributed by atoms with E-state index in [1.54, 1.807) is 0 Å². The number of carbonyl (C=O) groups is 2. The zero-order valence-corrected chi connectivity index (χ0v) is 20.4. The maximum atomic E-state index is 13.3. The van der Waals surface area contributed by atoms with Crippen LogP contribution in [0.25, 0.3) is 0 Å². The zero-order chi connectivity index (χ0) is 23.1. The molecule has 2 rings (SSSR count). The second-order valence-electron chi connectivity index (χ2n) is 9.22. The first-order valence-corrected chi connectivity index (χ1v) is 13.5. The molecule has 164 valence electrons. The van der Waals surface area contributed by atoms with Gasteiger partial charge >= 0.3 is 5.97 Å². The van der Waals surface area contributed by atoms with E-state index in [-0.39, 0.29) is 17.4 Å². The van der Waals surface area contributed by atoms with E-state index in [9.17, 15) is 9.59 Å². The van der Waals surface area contributed by atoms with Crippen LogP contribution < -0.4 is 5.32 Å². The van der Waals surface area contributed by atoms with Gasteiger partial charge in [-0.15, -0.1) is 11.5 Å². The third-order valence-corrected chi connectivity index (χ3v) is 10.5.